The number of ether oxygens (including phenoxy) is 1. The predicted octanol–water partition coefficient (Wildman–Crippen LogP) is 2.92. The standard InChI is InChI=1S/C17H17N3O4/c1-4-24-17(21)15-11(3)19-10(2)14(9-18)16(15)12-6-5-7-13(8-12)20(22)23/h5-8,16,19H,4H2,1-3H3/t16-/m1/s1. The van der Waals surface area contributed by atoms with E-state index in [4.69, 9.17) is 4.74 Å². The number of nitrogens with one attached hydrogen (secondary N) is 1. The largest absolute Gasteiger partial charge is 0.463 e. The summed E-state index contributed by atoms with van der Waals surface area (Å²) in [4.78, 5) is 22.9. The number of nitro benzene ring substituents is 1. The fraction of sp³-hybridized carbons (Fsp3) is 0.294. The van der Waals surface area contributed by atoms with Crippen LogP contribution in [0.1, 0.15) is 32.3 Å². The molecule has 0 amide bonds. The molecule has 2 rings (SSSR count). The lowest BCUT2D eigenvalue weighted by Crippen LogP contribution is -2.28. The van der Waals surface area contributed by atoms with Crippen LogP contribution in [0, 0.1) is 21.4 Å². The molecule has 24 heavy (non-hydrogen) atoms. The first kappa shape index (κ1) is 17.2. The van der Waals surface area contributed by atoms with E-state index in [9.17, 15) is 20.2 Å². The summed E-state index contributed by atoms with van der Waals surface area (Å²) in [6.07, 6.45) is 0. The lowest BCUT2D eigenvalue weighted by molar-refractivity contribution is -0.384. The van der Waals surface area contributed by atoms with Gasteiger partial charge >= 0.3 is 5.97 Å². The number of hydrogen-bond acceptors (Lipinski definition) is 6. The summed E-state index contributed by atoms with van der Waals surface area (Å²) in [5.74, 6) is -1.24. The van der Waals surface area contributed by atoms with Gasteiger partial charge in [0.05, 0.1) is 34.7 Å². The van der Waals surface area contributed by atoms with Gasteiger partial charge in [-0.3, -0.25) is 10.1 Å². The maximum atomic E-state index is 12.4. The Labute approximate surface area is 139 Å². The number of allylic oxidation sites excluding steroid dienone is 3. The monoisotopic (exact) mass is 327 g/mol. The van der Waals surface area contributed by atoms with Crippen LogP contribution in [0.25, 0.3) is 0 Å². The molecule has 1 atom stereocenters. The molecule has 1 heterocycles. The van der Waals surface area contributed by atoms with Crippen LogP contribution in [0.5, 0.6) is 0 Å². The van der Waals surface area contributed by atoms with Crippen LogP contribution in [0.15, 0.2) is 46.8 Å². The number of carbonyl (C=O) groups excluding carboxylic acids is 1. The van der Waals surface area contributed by atoms with Gasteiger partial charge < -0.3 is 10.1 Å². The number of nitro groups is 1. The van der Waals surface area contributed by atoms with Crippen molar-refractivity contribution >= 4 is 11.7 Å². The first-order chi connectivity index (χ1) is 11.4. The van der Waals surface area contributed by atoms with Crippen molar-refractivity contribution in [3.8, 4) is 6.07 Å². The highest BCUT2D eigenvalue weighted by Gasteiger charge is 2.34. The number of non-ortho nitro benzene ring substituents is 1. The minimum atomic E-state index is -0.699. The summed E-state index contributed by atoms with van der Waals surface area (Å²) in [7, 11) is 0. The SMILES string of the molecule is CCOC(=O)C1=C(C)NC(C)=C(C#N)[C@H]1c1cccc([N+](=O)[O-])c1. The van der Waals surface area contributed by atoms with Gasteiger partial charge in [0.2, 0.25) is 0 Å². The van der Waals surface area contributed by atoms with Gasteiger partial charge in [-0.1, -0.05) is 12.1 Å². The highest BCUT2D eigenvalue weighted by Crippen LogP contribution is 2.39. The average Bonchev–Trinajstić information content (AvgIpc) is 2.54. The molecule has 0 saturated carbocycles. The van der Waals surface area contributed by atoms with E-state index < -0.39 is 16.8 Å². The number of hydrogen-bond donors (Lipinski definition) is 1. The van der Waals surface area contributed by atoms with E-state index in [0.29, 0.717) is 28.1 Å². The van der Waals surface area contributed by atoms with Crippen molar-refractivity contribution in [1.29, 1.82) is 5.26 Å². The van der Waals surface area contributed by atoms with Crippen molar-refractivity contribution in [1.82, 2.24) is 5.32 Å². The molecule has 1 N–H and O–H groups in total. The van der Waals surface area contributed by atoms with Crippen LogP contribution >= 0.6 is 0 Å². The van der Waals surface area contributed by atoms with Gasteiger partial charge in [0.25, 0.3) is 5.69 Å². The summed E-state index contributed by atoms with van der Waals surface area (Å²) in [5, 5.41) is 23.6. The number of rotatable bonds is 4. The van der Waals surface area contributed by atoms with E-state index in [1.54, 1.807) is 26.8 Å². The molecule has 0 fully saturated rings. The van der Waals surface area contributed by atoms with Crippen molar-refractivity contribution in [3.63, 3.8) is 0 Å². The number of dihydropyridines is 1. The summed E-state index contributed by atoms with van der Waals surface area (Å²) >= 11 is 0. The van der Waals surface area contributed by atoms with E-state index in [-0.39, 0.29) is 12.3 Å². The molecule has 0 aliphatic carbocycles. The molecule has 0 aromatic heterocycles. The zero-order chi connectivity index (χ0) is 17.9. The third-order valence-corrected chi connectivity index (χ3v) is 3.79. The van der Waals surface area contributed by atoms with Crippen molar-refractivity contribution in [3.05, 3.63) is 62.5 Å². The molecule has 0 saturated heterocycles. The molecule has 124 valence electrons. The Bertz CT molecular complexity index is 802. The normalized spacial score (nSPS) is 17.2. The molecule has 0 unspecified atom stereocenters. The Morgan fingerprint density at radius 3 is 2.71 bits per heavy atom. The van der Waals surface area contributed by atoms with Crippen LogP contribution in [0.4, 0.5) is 5.69 Å². The number of nitrogens with zero attached hydrogens (tertiary/aromatic N) is 2. The molecule has 0 spiro atoms. The van der Waals surface area contributed by atoms with E-state index in [2.05, 4.69) is 11.4 Å². The van der Waals surface area contributed by atoms with Crippen LogP contribution in [0.3, 0.4) is 0 Å². The maximum absolute atomic E-state index is 12.4. The molecule has 0 bridgehead atoms. The molecule has 1 aliphatic rings. The van der Waals surface area contributed by atoms with Crippen LogP contribution < -0.4 is 5.32 Å². The van der Waals surface area contributed by atoms with Crippen molar-refractivity contribution in [2.45, 2.75) is 26.7 Å². The average molecular weight is 327 g/mol. The van der Waals surface area contributed by atoms with Gasteiger partial charge in [0.15, 0.2) is 0 Å². The molecule has 7 heteroatoms. The number of benzene rings is 1. The fourth-order valence-electron chi connectivity index (χ4n) is 2.77. The van der Waals surface area contributed by atoms with Crippen molar-refractivity contribution in [2.24, 2.45) is 0 Å². The van der Waals surface area contributed by atoms with E-state index in [0.717, 1.165) is 0 Å². The number of carbonyl (C=O) groups is 1. The van der Waals surface area contributed by atoms with Gasteiger partial charge in [-0.05, 0) is 26.3 Å². The molecular weight excluding hydrogens is 310 g/mol. The lowest BCUT2D eigenvalue weighted by Gasteiger charge is -2.28. The minimum absolute atomic E-state index is 0.0955. The highest BCUT2D eigenvalue weighted by atomic mass is 16.6. The summed E-state index contributed by atoms with van der Waals surface area (Å²) in [6, 6.07) is 8.06. The van der Waals surface area contributed by atoms with Crippen LogP contribution in [0.2, 0.25) is 0 Å². The summed E-state index contributed by atoms with van der Waals surface area (Å²) < 4.78 is 5.11. The zero-order valence-electron chi connectivity index (χ0n) is 13.6. The van der Waals surface area contributed by atoms with Crippen molar-refractivity contribution < 1.29 is 14.5 Å². The van der Waals surface area contributed by atoms with E-state index >= 15 is 0 Å². The fourth-order valence-corrected chi connectivity index (χ4v) is 2.77. The first-order valence-electron chi connectivity index (χ1n) is 7.40. The Balaban J connectivity index is 2.65. The molecule has 1 aromatic rings. The Morgan fingerprint density at radius 1 is 1.42 bits per heavy atom. The lowest BCUT2D eigenvalue weighted by atomic mass is 9.81. The van der Waals surface area contributed by atoms with Gasteiger partial charge in [0.1, 0.15) is 0 Å². The smallest absolute Gasteiger partial charge is 0.336 e. The first-order valence-corrected chi connectivity index (χ1v) is 7.40. The van der Waals surface area contributed by atoms with Crippen LogP contribution in [-0.4, -0.2) is 17.5 Å². The maximum Gasteiger partial charge on any atom is 0.336 e. The van der Waals surface area contributed by atoms with E-state index in [1.165, 1.54) is 18.2 Å². The molecule has 7 nitrogen and oxygen atoms in total. The third kappa shape index (κ3) is 3.13. The quantitative estimate of drug-likeness (QED) is 0.518. The Morgan fingerprint density at radius 2 is 2.12 bits per heavy atom. The minimum Gasteiger partial charge on any atom is -0.463 e. The molecule has 1 aliphatic heterocycles. The number of nitriles is 1. The molecule has 0 radical (unpaired) electrons. The highest BCUT2D eigenvalue weighted by molar-refractivity contribution is 5.93. The Kier molecular flexibility index (Phi) is 4.99. The van der Waals surface area contributed by atoms with E-state index in [1.807, 2.05) is 0 Å². The van der Waals surface area contributed by atoms with Gasteiger partial charge in [0, 0.05) is 23.5 Å². The number of esters is 1. The Hall–Kier alpha value is -3.14. The van der Waals surface area contributed by atoms with Gasteiger partial charge in [-0.25, -0.2) is 4.79 Å². The molecular formula is C17H17N3O4. The third-order valence-electron chi connectivity index (χ3n) is 3.79. The summed E-state index contributed by atoms with van der Waals surface area (Å²) in [5.41, 5.74) is 2.22. The van der Waals surface area contributed by atoms with Gasteiger partial charge in [-0.2, -0.15) is 5.26 Å². The second-order valence-electron chi connectivity index (χ2n) is 5.32. The van der Waals surface area contributed by atoms with Crippen molar-refractivity contribution in [2.75, 3.05) is 6.61 Å². The zero-order valence-corrected chi connectivity index (χ0v) is 13.6. The predicted molar refractivity (Wildman–Crippen MR) is 86.6 cm³/mol. The second kappa shape index (κ2) is 6.96. The topological polar surface area (TPSA) is 105 Å². The molecule has 1 aromatic carbocycles. The van der Waals surface area contributed by atoms with Gasteiger partial charge in [-0.15, -0.1) is 0 Å². The second-order valence-corrected chi connectivity index (χ2v) is 5.32. The summed E-state index contributed by atoms with van der Waals surface area (Å²) in [6.45, 7) is 5.34. The van der Waals surface area contributed by atoms with Crippen LogP contribution in [-0.2, 0) is 9.53 Å².